The van der Waals surface area contributed by atoms with Crippen molar-refractivity contribution in [2.45, 2.75) is 18.6 Å². The number of para-hydroxylation sites is 2. The predicted octanol–water partition coefficient (Wildman–Crippen LogP) is 2.73. The first-order valence-electron chi connectivity index (χ1n) is 7.03. The van der Waals surface area contributed by atoms with Gasteiger partial charge in [-0.15, -0.1) is 0 Å². The summed E-state index contributed by atoms with van der Waals surface area (Å²) in [5.74, 6) is 1.05. The van der Waals surface area contributed by atoms with Gasteiger partial charge in [0.1, 0.15) is 0 Å². The average Bonchev–Trinajstić information content (AvgIpc) is 2.77. The SMILES string of the molecule is CCOCCn1c(SCCN(C)C)nc2ccccc21. The number of hydrogen-bond donors (Lipinski definition) is 0. The van der Waals surface area contributed by atoms with Crippen LogP contribution in [0.4, 0.5) is 0 Å². The molecule has 1 aromatic heterocycles. The van der Waals surface area contributed by atoms with Crippen LogP contribution in [0.2, 0.25) is 0 Å². The van der Waals surface area contributed by atoms with E-state index in [0.717, 1.165) is 42.7 Å². The number of nitrogens with zero attached hydrogens (tertiary/aromatic N) is 3. The highest BCUT2D eigenvalue weighted by Crippen LogP contribution is 2.23. The molecular formula is C15H23N3OS. The number of hydrogen-bond acceptors (Lipinski definition) is 4. The van der Waals surface area contributed by atoms with Gasteiger partial charge in [-0.3, -0.25) is 0 Å². The molecule has 1 aromatic carbocycles. The Morgan fingerprint density at radius 3 is 2.85 bits per heavy atom. The summed E-state index contributed by atoms with van der Waals surface area (Å²) in [7, 11) is 4.19. The van der Waals surface area contributed by atoms with Crippen LogP contribution in [0.25, 0.3) is 11.0 Å². The molecule has 0 atom stereocenters. The second-order valence-electron chi connectivity index (χ2n) is 4.88. The summed E-state index contributed by atoms with van der Waals surface area (Å²) in [6, 6.07) is 8.30. The van der Waals surface area contributed by atoms with Crippen molar-refractivity contribution in [3.05, 3.63) is 24.3 Å². The number of imidazole rings is 1. The number of fused-ring (bicyclic) bond motifs is 1. The lowest BCUT2D eigenvalue weighted by atomic mass is 10.3. The zero-order valence-corrected chi connectivity index (χ0v) is 13.3. The fourth-order valence-electron chi connectivity index (χ4n) is 2.00. The molecule has 0 amide bonds. The van der Waals surface area contributed by atoms with Crippen LogP contribution in [-0.4, -0.2) is 54.1 Å². The van der Waals surface area contributed by atoms with Gasteiger partial charge in [0.05, 0.1) is 17.6 Å². The molecule has 0 aliphatic rings. The van der Waals surface area contributed by atoms with Gasteiger partial charge in [-0.05, 0) is 33.2 Å². The molecule has 4 nitrogen and oxygen atoms in total. The summed E-state index contributed by atoms with van der Waals surface area (Å²) >= 11 is 1.81. The highest BCUT2D eigenvalue weighted by Gasteiger charge is 2.10. The third-order valence-corrected chi connectivity index (χ3v) is 4.01. The smallest absolute Gasteiger partial charge is 0.169 e. The molecule has 0 aliphatic carbocycles. The second-order valence-corrected chi connectivity index (χ2v) is 5.95. The highest BCUT2D eigenvalue weighted by atomic mass is 32.2. The molecule has 20 heavy (non-hydrogen) atoms. The van der Waals surface area contributed by atoms with Gasteiger partial charge in [0.25, 0.3) is 0 Å². The zero-order chi connectivity index (χ0) is 14.4. The van der Waals surface area contributed by atoms with E-state index in [1.165, 1.54) is 5.52 Å². The molecule has 1 heterocycles. The quantitative estimate of drug-likeness (QED) is 0.553. The standard InChI is InChI=1S/C15H23N3OS/c1-4-19-11-9-18-14-8-6-5-7-13(14)16-15(18)20-12-10-17(2)3/h5-8H,4,9-12H2,1-3H3. The van der Waals surface area contributed by atoms with Gasteiger partial charge in [0.15, 0.2) is 5.16 Å². The van der Waals surface area contributed by atoms with Crippen molar-refractivity contribution in [3.8, 4) is 0 Å². The maximum Gasteiger partial charge on any atom is 0.169 e. The van der Waals surface area contributed by atoms with E-state index in [-0.39, 0.29) is 0 Å². The number of aromatic nitrogens is 2. The summed E-state index contributed by atoms with van der Waals surface area (Å²) in [6.07, 6.45) is 0. The molecule has 0 N–H and O–H groups in total. The number of ether oxygens (including phenoxy) is 1. The minimum absolute atomic E-state index is 0.734. The molecule has 2 aromatic rings. The van der Waals surface area contributed by atoms with E-state index in [4.69, 9.17) is 9.72 Å². The van der Waals surface area contributed by atoms with Crippen molar-refractivity contribution in [1.82, 2.24) is 14.5 Å². The first-order chi connectivity index (χ1) is 9.72. The lowest BCUT2D eigenvalue weighted by molar-refractivity contribution is 0.138. The summed E-state index contributed by atoms with van der Waals surface area (Å²) in [5, 5.41) is 1.09. The number of benzene rings is 1. The second kappa shape index (κ2) is 7.67. The average molecular weight is 293 g/mol. The third kappa shape index (κ3) is 3.98. The first kappa shape index (κ1) is 15.4. The van der Waals surface area contributed by atoms with Gasteiger partial charge in [-0.2, -0.15) is 0 Å². The molecule has 0 bridgehead atoms. The van der Waals surface area contributed by atoms with Crippen LogP contribution in [0.15, 0.2) is 29.4 Å². The maximum atomic E-state index is 5.49. The summed E-state index contributed by atoms with van der Waals surface area (Å²) < 4.78 is 7.76. The Hall–Kier alpha value is -1.04. The van der Waals surface area contributed by atoms with E-state index in [1.807, 2.05) is 24.8 Å². The van der Waals surface area contributed by atoms with Gasteiger partial charge < -0.3 is 14.2 Å². The Kier molecular flexibility index (Phi) is 5.88. The van der Waals surface area contributed by atoms with Crippen LogP contribution in [0.5, 0.6) is 0 Å². The molecule has 2 rings (SSSR count). The fraction of sp³-hybridized carbons (Fsp3) is 0.533. The maximum absolute atomic E-state index is 5.49. The lowest BCUT2D eigenvalue weighted by Gasteiger charge is -2.11. The van der Waals surface area contributed by atoms with Crippen molar-refractivity contribution in [2.75, 3.05) is 39.6 Å². The van der Waals surface area contributed by atoms with E-state index in [9.17, 15) is 0 Å². The van der Waals surface area contributed by atoms with E-state index >= 15 is 0 Å². The molecule has 0 aliphatic heterocycles. The molecule has 5 heteroatoms. The van der Waals surface area contributed by atoms with Crippen LogP contribution in [0.3, 0.4) is 0 Å². The highest BCUT2D eigenvalue weighted by molar-refractivity contribution is 7.99. The molecule has 110 valence electrons. The molecule has 0 saturated carbocycles. The fourth-order valence-corrected chi connectivity index (χ4v) is 3.15. The Morgan fingerprint density at radius 2 is 2.10 bits per heavy atom. The largest absolute Gasteiger partial charge is 0.380 e. The number of rotatable bonds is 8. The van der Waals surface area contributed by atoms with Crippen molar-refractivity contribution in [1.29, 1.82) is 0 Å². The van der Waals surface area contributed by atoms with Crippen molar-refractivity contribution in [3.63, 3.8) is 0 Å². The molecule has 0 unspecified atom stereocenters. The number of thioether (sulfide) groups is 1. The van der Waals surface area contributed by atoms with Crippen molar-refractivity contribution >= 4 is 22.8 Å². The Bertz CT molecular complexity index is 539. The van der Waals surface area contributed by atoms with E-state index in [1.54, 1.807) is 0 Å². The van der Waals surface area contributed by atoms with Crippen molar-refractivity contribution in [2.24, 2.45) is 0 Å². The van der Waals surface area contributed by atoms with Crippen LogP contribution >= 0.6 is 11.8 Å². The van der Waals surface area contributed by atoms with E-state index in [0.29, 0.717) is 0 Å². The van der Waals surface area contributed by atoms with Crippen LogP contribution in [0.1, 0.15) is 6.92 Å². The third-order valence-electron chi connectivity index (χ3n) is 3.05. The molecular weight excluding hydrogens is 270 g/mol. The minimum atomic E-state index is 0.734. The van der Waals surface area contributed by atoms with Crippen LogP contribution in [-0.2, 0) is 11.3 Å². The molecule has 0 radical (unpaired) electrons. The molecule has 0 fully saturated rings. The van der Waals surface area contributed by atoms with Gasteiger partial charge in [-0.1, -0.05) is 23.9 Å². The Morgan fingerprint density at radius 1 is 1.30 bits per heavy atom. The summed E-state index contributed by atoms with van der Waals surface area (Å²) in [4.78, 5) is 6.93. The lowest BCUT2D eigenvalue weighted by Crippen LogP contribution is -2.15. The Labute approximate surface area is 125 Å². The van der Waals surface area contributed by atoms with Crippen LogP contribution in [0, 0.1) is 0 Å². The van der Waals surface area contributed by atoms with Crippen LogP contribution < -0.4 is 0 Å². The van der Waals surface area contributed by atoms with E-state index < -0.39 is 0 Å². The van der Waals surface area contributed by atoms with Gasteiger partial charge >= 0.3 is 0 Å². The predicted molar refractivity (Wildman–Crippen MR) is 85.5 cm³/mol. The zero-order valence-electron chi connectivity index (χ0n) is 12.5. The van der Waals surface area contributed by atoms with Gasteiger partial charge in [0.2, 0.25) is 0 Å². The first-order valence-corrected chi connectivity index (χ1v) is 8.01. The van der Waals surface area contributed by atoms with E-state index in [2.05, 4.69) is 41.8 Å². The van der Waals surface area contributed by atoms with Crippen molar-refractivity contribution < 1.29 is 4.74 Å². The van der Waals surface area contributed by atoms with Gasteiger partial charge in [0, 0.05) is 25.4 Å². The minimum Gasteiger partial charge on any atom is -0.380 e. The molecule has 0 spiro atoms. The monoisotopic (exact) mass is 293 g/mol. The normalized spacial score (nSPS) is 11.6. The molecule has 0 saturated heterocycles. The topological polar surface area (TPSA) is 30.3 Å². The van der Waals surface area contributed by atoms with Gasteiger partial charge in [-0.25, -0.2) is 4.98 Å². The summed E-state index contributed by atoms with van der Waals surface area (Å²) in [5.41, 5.74) is 2.26. The Balaban J connectivity index is 2.15. The summed E-state index contributed by atoms with van der Waals surface area (Å²) in [6.45, 7) is 5.44.